The predicted octanol–water partition coefficient (Wildman–Crippen LogP) is 3.92. The quantitative estimate of drug-likeness (QED) is 0.191. The first-order valence-corrected chi connectivity index (χ1v) is 14.9. The number of amides is 2. The molecule has 5 rings (SSSR count). The molecule has 4 heterocycles. The Morgan fingerprint density at radius 1 is 1.05 bits per heavy atom. The molecule has 0 aliphatic carbocycles. The second-order valence-corrected chi connectivity index (χ2v) is 12.8. The van der Waals surface area contributed by atoms with Gasteiger partial charge in [-0.2, -0.15) is 0 Å². The van der Waals surface area contributed by atoms with Crippen LogP contribution in [0.1, 0.15) is 23.3 Å². The van der Waals surface area contributed by atoms with Gasteiger partial charge in [0.05, 0.1) is 18.4 Å². The van der Waals surface area contributed by atoms with Gasteiger partial charge in [0.1, 0.15) is 4.75 Å². The van der Waals surface area contributed by atoms with Crippen molar-refractivity contribution in [3.05, 3.63) is 90.0 Å². The van der Waals surface area contributed by atoms with Gasteiger partial charge in [-0.3, -0.25) is 19.8 Å². The molecule has 1 atom stereocenters. The zero-order valence-corrected chi connectivity index (χ0v) is 22.9. The Bertz CT molecular complexity index is 1620. The summed E-state index contributed by atoms with van der Waals surface area (Å²) in [4.78, 5) is 36.0. The molecule has 0 spiro atoms. The van der Waals surface area contributed by atoms with Crippen molar-refractivity contribution in [3.63, 3.8) is 0 Å². The highest BCUT2D eigenvalue weighted by atomic mass is 32.2. The van der Waals surface area contributed by atoms with Crippen LogP contribution in [-0.2, 0) is 24.2 Å². The fourth-order valence-electron chi connectivity index (χ4n) is 4.73. The number of carbonyl (C=O) groups is 2. The summed E-state index contributed by atoms with van der Waals surface area (Å²) in [6, 6.07) is 14.6. The molecule has 1 aromatic carbocycles. The largest absolute Gasteiger partial charge is 0.444 e. The lowest BCUT2D eigenvalue weighted by atomic mass is 9.97. The van der Waals surface area contributed by atoms with Crippen LogP contribution in [0, 0.1) is 0 Å². The number of nitrogens with zero attached hydrogens (tertiary/aromatic N) is 3. The highest BCUT2D eigenvalue weighted by Crippen LogP contribution is 2.45. The Balaban J connectivity index is 1.43. The molecule has 12 heteroatoms. The van der Waals surface area contributed by atoms with Crippen molar-refractivity contribution in [3.8, 4) is 21.8 Å². The lowest BCUT2D eigenvalue weighted by Crippen LogP contribution is -2.41. The van der Waals surface area contributed by atoms with Gasteiger partial charge in [-0.25, -0.2) is 18.9 Å². The number of benzene rings is 1. The van der Waals surface area contributed by atoms with Crippen LogP contribution >= 0.6 is 11.3 Å². The monoisotopic (exact) mass is 578 g/mol. The van der Waals surface area contributed by atoms with Gasteiger partial charge in [-0.1, -0.05) is 24.3 Å². The van der Waals surface area contributed by atoms with E-state index in [9.17, 15) is 23.2 Å². The molecule has 40 heavy (non-hydrogen) atoms. The number of hydrogen-bond donors (Lipinski definition) is 2. The average Bonchev–Trinajstić information content (AvgIpc) is 3.67. The number of sulfone groups is 1. The highest BCUT2D eigenvalue weighted by molar-refractivity contribution is 7.92. The zero-order valence-electron chi connectivity index (χ0n) is 21.3. The Kier molecular flexibility index (Phi) is 7.92. The maximum Gasteiger partial charge on any atom is 0.246 e. The van der Waals surface area contributed by atoms with Crippen molar-refractivity contribution in [2.24, 2.45) is 0 Å². The zero-order chi connectivity index (χ0) is 28.2. The van der Waals surface area contributed by atoms with E-state index in [0.717, 1.165) is 21.6 Å². The Hall–Kier alpha value is -4.13. The van der Waals surface area contributed by atoms with Crippen LogP contribution in [0.3, 0.4) is 0 Å². The molecule has 10 nitrogen and oxygen atoms in total. The molecular weight excluding hydrogens is 552 g/mol. The van der Waals surface area contributed by atoms with Gasteiger partial charge in [0, 0.05) is 46.9 Å². The average molecular weight is 579 g/mol. The van der Waals surface area contributed by atoms with Gasteiger partial charge < -0.3 is 9.32 Å². The molecule has 1 saturated heterocycles. The van der Waals surface area contributed by atoms with Crippen molar-refractivity contribution in [2.75, 3.05) is 18.8 Å². The first-order valence-electron chi connectivity index (χ1n) is 12.4. The molecule has 1 aliphatic heterocycles. The lowest BCUT2D eigenvalue weighted by molar-refractivity contribution is -0.129. The topological polar surface area (TPSA) is 143 Å². The summed E-state index contributed by atoms with van der Waals surface area (Å²) < 4.78 is 31.4. The molecule has 206 valence electrons. The maximum absolute atomic E-state index is 13.8. The van der Waals surface area contributed by atoms with E-state index in [0.29, 0.717) is 10.6 Å². The van der Waals surface area contributed by atoms with E-state index in [1.807, 2.05) is 30.3 Å². The third-order valence-corrected chi connectivity index (χ3v) is 10.9. The summed E-state index contributed by atoms with van der Waals surface area (Å²) in [7, 11) is -3.93. The van der Waals surface area contributed by atoms with Crippen LogP contribution in [0.5, 0.6) is 0 Å². The summed E-state index contributed by atoms with van der Waals surface area (Å²) in [6.07, 6.45) is 8.79. The first kappa shape index (κ1) is 27.4. The van der Waals surface area contributed by atoms with Crippen LogP contribution in [-0.4, -0.2) is 59.1 Å². The van der Waals surface area contributed by atoms with Crippen molar-refractivity contribution < 1.29 is 27.6 Å². The third kappa shape index (κ3) is 5.60. The summed E-state index contributed by atoms with van der Waals surface area (Å²) in [5, 5.41) is 9.29. The van der Waals surface area contributed by atoms with Crippen LogP contribution < -0.4 is 5.48 Å². The second kappa shape index (κ2) is 11.5. The van der Waals surface area contributed by atoms with Crippen LogP contribution in [0.4, 0.5) is 0 Å². The van der Waals surface area contributed by atoms with Crippen LogP contribution in [0.15, 0.2) is 84.0 Å². The fourth-order valence-corrected chi connectivity index (χ4v) is 8.34. The third-order valence-electron chi connectivity index (χ3n) is 6.96. The number of oxazole rings is 1. The number of carbonyl (C=O) groups excluding carboxylic acids is 2. The maximum atomic E-state index is 13.8. The number of hydroxylamine groups is 1. The highest BCUT2D eigenvalue weighted by Gasteiger charge is 2.49. The standard InChI is InChI=1S/C28H26N4O6S2/c33-26(31-35)17-28(25-7-6-24(39-25)22-4-2-21(3-5-22)23-18-30-19-38-23)11-14-32(15-16-40(28,36)37)27(34)8-1-20-9-12-29-13-10-20/h1-10,12-13,18-19,35H,11,14-17H2,(H,31,33)/b8-1+. The van der Waals surface area contributed by atoms with Gasteiger partial charge in [-0.05, 0) is 47.9 Å². The second-order valence-electron chi connectivity index (χ2n) is 9.32. The first-order chi connectivity index (χ1) is 19.3. The van der Waals surface area contributed by atoms with E-state index in [2.05, 4.69) is 9.97 Å². The summed E-state index contributed by atoms with van der Waals surface area (Å²) in [5.74, 6) is -0.827. The van der Waals surface area contributed by atoms with E-state index in [4.69, 9.17) is 4.42 Å². The molecule has 3 aromatic heterocycles. The van der Waals surface area contributed by atoms with Gasteiger partial charge in [0.2, 0.25) is 11.8 Å². The van der Waals surface area contributed by atoms with E-state index >= 15 is 0 Å². The molecule has 1 fully saturated rings. The van der Waals surface area contributed by atoms with E-state index in [-0.39, 0.29) is 31.2 Å². The minimum absolute atomic E-state index is 0.00196. The number of nitrogens with one attached hydrogen (secondary N) is 1. The minimum Gasteiger partial charge on any atom is -0.444 e. The van der Waals surface area contributed by atoms with E-state index in [1.165, 1.54) is 28.7 Å². The Labute approximate surface area is 234 Å². The number of hydrogen-bond acceptors (Lipinski definition) is 9. The molecule has 0 bridgehead atoms. The molecule has 1 unspecified atom stereocenters. The Morgan fingerprint density at radius 3 is 2.50 bits per heavy atom. The molecule has 2 N–H and O–H groups in total. The summed E-state index contributed by atoms with van der Waals surface area (Å²) in [5.41, 5.74) is 4.09. The minimum atomic E-state index is -3.93. The van der Waals surface area contributed by atoms with Crippen LogP contribution in [0.25, 0.3) is 27.8 Å². The Morgan fingerprint density at radius 2 is 1.80 bits per heavy atom. The van der Waals surface area contributed by atoms with E-state index in [1.54, 1.807) is 48.3 Å². The van der Waals surface area contributed by atoms with Crippen molar-refractivity contribution in [1.29, 1.82) is 0 Å². The van der Waals surface area contributed by atoms with Gasteiger partial charge in [0.25, 0.3) is 0 Å². The summed E-state index contributed by atoms with van der Waals surface area (Å²) >= 11 is 1.28. The van der Waals surface area contributed by atoms with E-state index < -0.39 is 26.9 Å². The fraction of sp³-hybridized carbons (Fsp3) is 0.214. The summed E-state index contributed by atoms with van der Waals surface area (Å²) in [6.45, 7) is 0.113. The smallest absolute Gasteiger partial charge is 0.246 e. The van der Waals surface area contributed by atoms with Crippen LogP contribution in [0.2, 0.25) is 0 Å². The SMILES string of the molecule is O=C(CC1(c2ccc(-c3ccc(-c4cnco4)cc3)s2)CCN(C(=O)/C=C/c2ccncc2)CCS1(=O)=O)NO. The number of pyridine rings is 1. The predicted molar refractivity (Wildman–Crippen MR) is 150 cm³/mol. The molecule has 0 saturated carbocycles. The number of aromatic nitrogens is 2. The van der Waals surface area contributed by atoms with Crippen molar-refractivity contribution in [2.45, 2.75) is 17.6 Å². The lowest BCUT2D eigenvalue weighted by Gasteiger charge is -2.30. The van der Waals surface area contributed by atoms with Crippen molar-refractivity contribution >= 4 is 39.1 Å². The van der Waals surface area contributed by atoms with Gasteiger partial charge >= 0.3 is 0 Å². The number of rotatable bonds is 7. The molecule has 4 aromatic rings. The normalized spacial score (nSPS) is 18.9. The molecular formula is C28H26N4O6S2. The number of thiophene rings is 1. The van der Waals surface area contributed by atoms with Gasteiger partial charge in [-0.15, -0.1) is 11.3 Å². The molecule has 0 radical (unpaired) electrons. The molecule has 2 amide bonds. The van der Waals surface area contributed by atoms with Gasteiger partial charge in [0.15, 0.2) is 22.0 Å². The van der Waals surface area contributed by atoms with Crippen molar-refractivity contribution in [1.82, 2.24) is 20.3 Å². The molecule has 1 aliphatic rings.